The van der Waals surface area contributed by atoms with Gasteiger partial charge in [0.25, 0.3) is 6.43 Å². The average Bonchev–Trinajstić information content (AvgIpc) is 2.72. The van der Waals surface area contributed by atoms with Gasteiger partial charge in [0.2, 0.25) is 0 Å². The number of nitrogens with zero attached hydrogens (tertiary/aromatic N) is 4. The number of hydrogen-bond donors (Lipinski definition) is 2. The van der Waals surface area contributed by atoms with Crippen LogP contribution >= 0.6 is 0 Å². The van der Waals surface area contributed by atoms with Gasteiger partial charge in [-0.3, -0.25) is 5.32 Å². The van der Waals surface area contributed by atoms with Crippen LogP contribution in [-0.4, -0.2) is 53.6 Å². The van der Waals surface area contributed by atoms with Crippen LogP contribution in [0.2, 0.25) is 0 Å². The van der Waals surface area contributed by atoms with Crippen molar-refractivity contribution < 1.29 is 31.5 Å². The zero-order valence-corrected chi connectivity index (χ0v) is 15.2. The molecule has 1 saturated heterocycles. The number of nitrogens with one attached hydrogen (secondary N) is 2. The molecule has 1 fully saturated rings. The van der Waals surface area contributed by atoms with Crippen molar-refractivity contribution in [2.24, 2.45) is 0 Å². The molecule has 160 valence electrons. The quantitative estimate of drug-likeness (QED) is 0.724. The molecule has 2 aromatic rings. The number of halogens is 5. The fraction of sp³-hybridized carbons (Fsp3) is 0.412. The van der Waals surface area contributed by atoms with Crippen LogP contribution < -0.4 is 15.5 Å². The molecule has 1 atom stereocenters. The molecule has 2 N–H and O–H groups in total. The van der Waals surface area contributed by atoms with Gasteiger partial charge in [-0.25, -0.2) is 28.5 Å². The second kappa shape index (κ2) is 7.63. The fourth-order valence-corrected chi connectivity index (χ4v) is 3.30. The van der Waals surface area contributed by atoms with Gasteiger partial charge >= 0.3 is 12.3 Å². The molecule has 0 unspecified atom stereocenters. The summed E-state index contributed by atoms with van der Waals surface area (Å²) in [6, 6.07) is 1.64. The van der Waals surface area contributed by atoms with Crippen LogP contribution in [0.4, 0.5) is 38.4 Å². The summed E-state index contributed by atoms with van der Waals surface area (Å²) in [5.74, 6) is -0.215. The molecule has 0 radical (unpaired) electrons. The van der Waals surface area contributed by atoms with E-state index in [1.165, 1.54) is 0 Å². The third-order valence-corrected chi connectivity index (χ3v) is 4.67. The molecule has 0 aromatic carbocycles. The molecule has 1 amide bonds. The summed E-state index contributed by atoms with van der Waals surface area (Å²) in [6.45, 7) is 1.97. The number of anilines is 2. The molecule has 2 aromatic heterocycles. The fourth-order valence-electron chi connectivity index (χ4n) is 3.30. The Morgan fingerprint density at radius 3 is 2.57 bits per heavy atom. The van der Waals surface area contributed by atoms with E-state index < -0.39 is 30.4 Å². The number of rotatable bonds is 3. The summed E-state index contributed by atoms with van der Waals surface area (Å²) in [5, 5.41) is 5.25. The van der Waals surface area contributed by atoms with Crippen LogP contribution in [0.3, 0.4) is 0 Å². The van der Waals surface area contributed by atoms with E-state index in [0.29, 0.717) is 26.2 Å². The third-order valence-electron chi connectivity index (χ3n) is 4.67. The molecule has 4 rings (SSSR count). The lowest BCUT2D eigenvalue weighted by molar-refractivity contribution is -0.137. The van der Waals surface area contributed by atoms with Crippen LogP contribution in [0.1, 0.15) is 17.2 Å². The molecule has 0 bridgehead atoms. The highest BCUT2D eigenvalue weighted by atomic mass is 19.4. The van der Waals surface area contributed by atoms with E-state index in [1.807, 2.05) is 0 Å². The molecule has 8 nitrogen and oxygen atoms in total. The van der Waals surface area contributed by atoms with Gasteiger partial charge in [0.1, 0.15) is 23.7 Å². The maximum atomic E-state index is 13.5. The molecule has 0 saturated carbocycles. The molecule has 0 spiro atoms. The Balaban J connectivity index is 1.88. The molecule has 0 aliphatic carbocycles. The second-order valence-corrected chi connectivity index (χ2v) is 6.60. The predicted octanol–water partition coefficient (Wildman–Crippen LogP) is 2.84. The van der Waals surface area contributed by atoms with Gasteiger partial charge < -0.3 is 15.0 Å². The van der Waals surface area contributed by atoms with E-state index in [2.05, 4.69) is 30.3 Å². The van der Waals surface area contributed by atoms with Gasteiger partial charge in [-0.15, -0.1) is 0 Å². The molecule has 13 heteroatoms. The minimum absolute atomic E-state index is 0.0445. The van der Waals surface area contributed by atoms with E-state index in [-0.39, 0.29) is 28.6 Å². The van der Waals surface area contributed by atoms with E-state index in [0.717, 1.165) is 18.5 Å². The summed E-state index contributed by atoms with van der Waals surface area (Å²) >= 11 is 0. The van der Waals surface area contributed by atoms with Crippen molar-refractivity contribution in [2.45, 2.75) is 18.7 Å². The number of carbonyl (C=O) groups is 1. The van der Waals surface area contributed by atoms with Gasteiger partial charge in [-0.1, -0.05) is 0 Å². The number of piperazine rings is 1. The molecule has 30 heavy (non-hydrogen) atoms. The number of aromatic nitrogens is 3. The third kappa shape index (κ3) is 3.84. The molecular weight excluding hydrogens is 415 g/mol. The van der Waals surface area contributed by atoms with Crippen molar-refractivity contribution in [2.75, 3.05) is 36.4 Å². The Bertz CT molecular complexity index is 964. The number of amides is 1. The van der Waals surface area contributed by atoms with Crippen molar-refractivity contribution in [1.82, 2.24) is 20.3 Å². The molecule has 4 heterocycles. The van der Waals surface area contributed by atoms with Crippen LogP contribution in [0.25, 0.3) is 11.4 Å². The number of pyridine rings is 1. The minimum atomic E-state index is -4.69. The minimum Gasteiger partial charge on any atom is -0.435 e. The van der Waals surface area contributed by atoms with Gasteiger partial charge in [0.05, 0.1) is 16.8 Å². The Labute approximate surface area is 166 Å². The summed E-state index contributed by atoms with van der Waals surface area (Å²) in [4.78, 5) is 25.1. The highest BCUT2D eigenvalue weighted by Crippen LogP contribution is 2.40. The zero-order chi connectivity index (χ0) is 21.5. The molecule has 2 aliphatic rings. The van der Waals surface area contributed by atoms with Gasteiger partial charge in [-0.2, -0.15) is 13.2 Å². The lowest BCUT2D eigenvalue weighted by atomic mass is 10.0. The highest BCUT2D eigenvalue weighted by molar-refractivity contribution is 5.88. The lowest BCUT2D eigenvalue weighted by Crippen LogP contribution is -2.44. The van der Waals surface area contributed by atoms with Crippen LogP contribution in [-0.2, 0) is 10.9 Å². The number of carbonyl (C=O) groups excluding carboxylic acids is 1. The Hall–Kier alpha value is -3.09. The highest BCUT2D eigenvalue weighted by Gasteiger charge is 2.39. The second-order valence-electron chi connectivity index (χ2n) is 6.60. The summed E-state index contributed by atoms with van der Waals surface area (Å²) in [6.07, 6.45) is -10.1. The van der Waals surface area contributed by atoms with Crippen molar-refractivity contribution in [3.8, 4) is 11.4 Å². The number of fused-ring (bicyclic) bond motifs is 1. The Kier molecular flexibility index (Phi) is 5.13. The van der Waals surface area contributed by atoms with E-state index in [9.17, 15) is 26.7 Å². The average molecular weight is 430 g/mol. The van der Waals surface area contributed by atoms with Crippen LogP contribution in [0.15, 0.2) is 18.5 Å². The molecule has 2 aliphatic heterocycles. The first-order chi connectivity index (χ1) is 14.2. The largest absolute Gasteiger partial charge is 0.435 e. The number of cyclic esters (lactones) is 1. The normalized spacial score (nSPS) is 19.3. The predicted molar refractivity (Wildman–Crippen MR) is 94.2 cm³/mol. The van der Waals surface area contributed by atoms with Crippen molar-refractivity contribution in [3.05, 3.63) is 29.6 Å². The lowest BCUT2D eigenvalue weighted by Gasteiger charge is -2.30. The van der Waals surface area contributed by atoms with Gasteiger partial charge in [0.15, 0.2) is 6.10 Å². The monoisotopic (exact) mass is 430 g/mol. The van der Waals surface area contributed by atoms with E-state index >= 15 is 0 Å². The van der Waals surface area contributed by atoms with Crippen molar-refractivity contribution >= 4 is 17.7 Å². The smallest absolute Gasteiger partial charge is 0.416 e. The standard InChI is InChI=1S/C17H15F5N6O2/c18-14(19)13-11-12(24-7-25-15(11)27-16(29)30-13)9-5-8(17(20,21)22)6-10(26-9)28-3-1-23-2-4-28/h5-7,13-14,23H,1-4H2,(H,24,25,27,29)/t13-/m0/s1. The molecular formula is C17H15F5N6O2. The summed E-state index contributed by atoms with van der Waals surface area (Å²) in [5.41, 5.74) is -1.87. The number of ether oxygens (including phenoxy) is 1. The summed E-state index contributed by atoms with van der Waals surface area (Å²) < 4.78 is 72.3. The number of hydrogen-bond acceptors (Lipinski definition) is 7. The first-order valence-electron chi connectivity index (χ1n) is 8.90. The van der Waals surface area contributed by atoms with Gasteiger partial charge in [0, 0.05) is 26.2 Å². The number of alkyl halides is 5. The summed E-state index contributed by atoms with van der Waals surface area (Å²) in [7, 11) is 0. The van der Waals surface area contributed by atoms with Crippen molar-refractivity contribution in [3.63, 3.8) is 0 Å². The zero-order valence-electron chi connectivity index (χ0n) is 15.2. The maximum Gasteiger partial charge on any atom is 0.416 e. The first kappa shape index (κ1) is 20.2. The van der Waals surface area contributed by atoms with E-state index in [4.69, 9.17) is 0 Å². The van der Waals surface area contributed by atoms with E-state index in [1.54, 1.807) is 4.90 Å². The Morgan fingerprint density at radius 2 is 1.90 bits per heavy atom. The van der Waals surface area contributed by atoms with Crippen molar-refractivity contribution in [1.29, 1.82) is 0 Å². The van der Waals surface area contributed by atoms with Crippen LogP contribution in [0.5, 0.6) is 0 Å². The Morgan fingerprint density at radius 1 is 1.17 bits per heavy atom. The maximum absolute atomic E-state index is 13.5. The first-order valence-corrected chi connectivity index (χ1v) is 8.90. The van der Waals surface area contributed by atoms with Gasteiger partial charge in [-0.05, 0) is 12.1 Å². The SMILES string of the molecule is O=C1Nc2ncnc(-c3cc(C(F)(F)F)cc(N4CCNCC4)n3)c2[C@@H](C(F)F)O1. The van der Waals surface area contributed by atoms with Crippen LogP contribution in [0, 0.1) is 0 Å². The topological polar surface area (TPSA) is 92.3 Å².